The summed E-state index contributed by atoms with van der Waals surface area (Å²) >= 11 is 6.02. The third-order valence-electron chi connectivity index (χ3n) is 4.20. The highest BCUT2D eigenvalue weighted by Gasteiger charge is 2.26. The van der Waals surface area contributed by atoms with Crippen molar-refractivity contribution in [3.8, 4) is 11.3 Å². The molecule has 0 aliphatic rings. The highest BCUT2D eigenvalue weighted by molar-refractivity contribution is 14.1. The maximum absolute atomic E-state index is 12.8. The standard InChI is InChI=1S/C18H19I3N2O7/c19-14-8(5-25)15(20)13(18(30)22-3-7(27)4-24)16(21)12(14)9-1-2-10(23-9)17(29)11(28)6-26/h1-2,7,11,23-28H,3-6H2,(H,22,30). The van der Waals surface area contributed by atoms with Crippen LogP contribution in [0.4, 0.5) is 0 Å². The van der Waals surface area contributed by atoms with E-state index in [1.807, 2.05) is 45.2 Å². The molecule has 30 heavy (non-hydrogen) atoms. The molecule has 7 N–H and O–H groups in total. The molecule has 12 heteroatoms. The molecule has 0 spiro atoms. The predicted octanol–water partition coefficient (Wildman–Crippen LogP) is 0.607. The first-order chi connectivity index (χ1) is 14.2. The van der Waals surface area contributed by atoms with Gasteiger partial charge in [0, 0.05) is 34.1 Å². The van der Waals surface area contributed by atoms with Crippen LogP contribution in [0, 0.1) is 10.7 Å². The Kier molecular flexibility index (Phi) is 9.91. The van der Waals surface area contributed by atoms with Gasteiger partial charge in [-0.25, -0.2) is 0 Å². The molecular formula is C18H19I3N2O7. The predicted molar refractivity (Wildman–Crippen MR) is 133 cm³/mol. The molecule has 1 aromatic heterocycles. The molecule has 1 heterocycles. The van der Waals surface area contributed by atoms with Crippen molar-refractivity contribution in [1.82, 2.24) is 10.3 Å². The number of Topliss-reactive ketones (excluding diaryl/α,β-unsaturated/α-hetero) is 1. The van der Waals surface area contributed by atoms with Crippen LogP contribution in [0.2, 0.25) is 0 Å². The minimum Gasteiger partial charge on any atom is -0.394 e. The topological polar surface area (TPSA) is 163 Å². The molecule has 164 valence electrons. The Morgan fingerprint density at radius 1 is 1.00 bits per heavy atom. The van der Waals surface area contributed by atoms with E-state index in [0.717, 1.165) is 0 Å². The van der Waals surface area contributed by atoms with Crippen molar-refractivity contribution in [2.24, 2.45) is 0 Å². The second-order valence-corrected chi connectivity index (χ2v) is 9.46. The van der Waals surface area contributed by atoms with Gasteiger partial charge in [0.1, 0.15) is 6.10 Å². The Morgan fingerprint density at radius 2 is 1.67 bits per heavy atom. The quantitative estimate of drug-likeness (QED) is 0.146. The molecule has 0 saturated heterocycles. The van der Waals surface area contributed by atoms with Crippen molar-refractivity contribution in [2.75, 3.05) is 19.8 Å². The van der Waals surface area contributed by atoms with Gasteiger partial charge in [0.15, 0.2) is 0 Å². The number of aromatic nitrogens is 1. The third-order valence-corrected chi connectivity index (χ3v) is 7.66. The number of aliphatic hydroxyl groups excluding tert-OH is 5. The summed E-state index contributed by atoms with van der Waals surface area (Å²) in [5.41, 5.74) is 1.99. The lowest BCUT2D eigenvalue weighted by Crippen LogP contribution is -2.35. The Bertz CT molecular complexity index is 948. The summed E-state index contributed by atoms with van der Waals surface area (Å²) in [6, 6.07) is 3.08. The van der Waals surface area contributed by atoms with Crippen molar-refractivity contribution in [1.29, 1.82) is 0 Å². The van der Waals surface area contributed by atoms with Crippen LogP contribution in [-0.2, 0) is 6.61 Å². The van der Waals surface area contributed by atoms with Crippen molar-refractivity contribution in [3.05, 3.63) is 39.7 Å². The molecule has 2 unspecified atom stereocenters. The Labute approximate surface area is 212 Å². The summed E-state index contributed by atoms with van der Waals surface area (Å²) in [5.74, 6) is -1.15. The Morgan fingerprint density at radius 3 is 2.23 bits per heavy atom. The SMILES string of the molecule is O=C(NCC(O)CO)c1c(I)c(CO)c(I)c(-c2ccc(C(=O)C(O)CO)[nH]2)c1I. The first-order valence-corrected chi connectivity index (χ1v) is 11.8. The van der Waals surface area contributed by atoms with Crippen molar-refractivity contribution in [2.45, 2.75) is 18.8 Å². The number of halogens is 3. The highest BCUT2D eigenvalue weighted by Crippen LogP contribution is 2.38. The number of carbonyl (C=O) groups excluding carboxylic acids is 2. The van der Waals surface area contributed by atoms with E-state index < -0.39 is 37.1 Å². The highest BCUT2D eigenvalue weighted by atomic mass is 127. The van der Waals surface area contributed by atoms with Gasteiger partial charge in [-0.05, 0) is 79.9 Å². The Hall–Kier alpha value is -0.370. The van der Waals surface area contributed by atoms with Crippen LogP contribution < -0.4 is 5.32 Å². The molecular weight excluding hydrogens is 737 g/mol. The zero-order chi connectivity index (χ0) is 22.6. The minimum atomic E-state index is -1.54. The van der Waals surface area contributed by atoms with Crippen LogP contribution in [0.5, 0.6) is 0 Å². The van der Waals surface area contributed by atoms with Crippen LogP contribution in [0.1, 0.15) is 26.4 Å². The molecule has 1 aromatic carbocycles. The normalized spacial score (nSPS) is 13.2. The number of nitrogens with one attached hydrogen (secondary N) is 2. The lowest BCUT2D eigenvalue weighted by atomic mass is 10.0. The van der Waals surface area contributed by atoms with Gasteiger partial charge in [-0.15, -0.1) is 0 Å². The van der Waals surface area contributed by atoms with E-state index in [0.29, 0.717) is 33.1 Å². The van der Waals surface area contributed by atoms with Gasteiger partial charge in [-0.3, -0.25) is 9.59 Å². The smallest absolute Gasteiger partial charge is 0.253 e. The first-order valence-electron chi connectivity index (χ1n) is 8.57. The monoisotopic (exact) mass is 756 g/mol. The summed E-state index contributed by atoms with van der Waals surface area (Å²) in [6.07, 6.45) is -2.64. The van der Waals surface area contributed by atoms with Crippen LogP contribution in [0.25, 0.3) is 11.3 Å². The molecule has 2 atom stereocenters. The molecule has 2 rings (SSSR count). The lowest BCUT2D eigenvalue weighted by Gasteiger charge is -2.18. The van der Waals surface area contributed by atoms with Gasteiger partial charge >= 0.3 is 0 Å². The third kappa shape index (κ3) is 5.51. The minimum absolute atomic E-state index is 0.0966. The first kappa shape index (κ1) is 25.9. The fraction of sp³-hybridized carbons (Fsp3) is 0.333. The van der Waals surface area contributed by atoms with Crippen molar-refractivity contribution in [3.63, 3.8) is 0 Å². The van der Waals surface area contributed by atoms with E-state index >= 15 is 0 Å². The maximum atomic E-state index is 12.8. The van der Waals surface area contributed by atoms with Crippen LogP contribution in [0.3, 0.4) is 0 Å². The van der Waals surface area contributed by atoms with Crippen molar-refractivity contribution < 1.29 is 35.1 Å². The average Bonchev–Trinajstić information content (AvgIpc) is 3.20. The van der Waals surface area contributed by atoms with E-state index in [1.54, 1.807) is 6.07 Å². The fourth-order valence-corrected chi connectivity index (χ4v) is 7.18. The van der Waals surface area contributed by atoms with Gasteiger partial charge in [-0.1, -0.05) is 0 Å². The maximum Gasteiger partial charge on any atom is 0.253 e. The number of rotatable bonds is 9. The zero-order valence-electron chi connectivity index (χ0n) is 15.3. The largest absolute Gasteiger partial charge is 0.394 e. The van der Waals surface area contributed by atoms with Gasteiger partial charge in [0.05, 0.1) is 37.2 Å². The number of H-pyrrole nitrogens is 1. The lowest BCUT2D eigenvalue weighted by molar-refractivity contribution is 0.0583. The average molecular weight is 756 g/mol. The summed E-state index contributed by atoms with van der Waals surface area (Å²) in [4.78, 5) is 27.8. The molecule has 0 fully saturated rings. The molecule has 0 aliphatic heterocycles. The molecule has 2 aromatic rings. The van der Waals surface area contributed by atoms with E-state index in [-0.39, 0.29) is 18.8 Å². The number of aliphatic hydroxyl groups is 5. The number of ketones is 1. The van der Waals surface area contributed by atoms with Gasteiger partial charge < -0.3 is 35.8 Å². The number of hydrogen-bond acceptors (Lipinski definition) is 7. The number of carbonyl (C=O) groups is 2. The summed E-state index contributed by atoms with van der Waals surface area (Å²) < 4.78 is 1.78. The van der Waals surface area contributed by atoms with E-state index in [1.165, 1.54) is 6.07 Å². The number of aromatic amines is 1. The van der Waals surface area contributed by atoms with E-state index in [2.05, 4.69) is 32.9 Å². The van der Waals surface area contributed by atoms with Crippen LogP contribution in [-0.4, -0.2) is 74.2 Å². The molecule has 9 nitrogen and oxygen atoms in total. The molecule has 0 saturated carbocycles. The van der Waals surface area contributed by atoms with Crippen molar-refractivity contribution >= 4 is 79.5 Å². The second kappa shape index (κ2) is 11.5. The van der Waals surface area contributed by atoms with Crippen LogP contribution in [0.15, 0.2) is 12.1 Å². The number of benzene rings is 1. The summed E-state index contributed by atoms with van der Waals surface area (Å²) in [5, 5.41) is 49.5. The van der Waals surface area contributed by atoms with Gasteiger partial charge in [0.2, 0.25) is 5.78 Å². The van der Waals surface area contributed by atoms with Gasteiger partial charge in [-0.2, -0.15) is 0 Å². The van der Waals surface area contributed by atoms with Gasteiger partial charge in [0.25, 0.3) is 5.91 Å². The molecule has 0 radical (unpaired) electrons. The van der Waals surface area contributed by atoms with E-state index in [4.69, 9.17) is 10.2 Å². The Balaban J connectivity index is 2.57. The number of amides is 1. The summed E-state index contributed by atoms with van der Waals surface area (Å²) in [7, 11) is 0. The van der Waals surface area contributed by atoms with E-state index in [9.17, 15) is 24.9 Å². The summed E-state index contributed by atoms with van der Waals surface area (Å²) in [6.45, 7) is -1.66. The van der Waals surface area contributed by atoms with Crippen LogP contribution >= 0.6 is 67.8 Å². The second-order valence-electron chi connectivity index (χ2n) is 6.22. The molecule has 1 amide bonds. The molecule has 0 aliphatic carbocycles. The zero-order valence-corrected chi connectivity index (χ0v) is 21.8. The molecule has 0 bridgehead atoms. The fourth-order valence-electron chi connectivity index (χ4n) is 2.60. The number of hydrogen-bond donors (Lipinski definition) is 7.